The van der Waals surface area contributed by atoms with Crippen LogP contribution in [0, 0.1) is 24.6 Å². The van der Waals surface area contributed by atoms with E-state index in [4.69, 9.17) is 10.7 Å². The SMILES string of the molecule is Cc1nc(N2C[C@H]3C[C@H]3[C@@H]2C(N)=O)ncc1-n1c2ccc(F)cc2c2[nH]ncc21. The number of benzene rings is 1. The largest absolute Gasteiger partial charge is 0.368 e. The molecule has 6 rings (SSSR count). The highest BCUT2D eigenvalue weighted by molar-refractivity contribution is 6.06. The molecule has 1 saturated heterocycles. The summed E-state index contributed by atoms with van der Waals surface area (Å²) in [6.45, 7) is 2.66. The first-order chi connectivity index (χ1) is 14.0. The molecule has 0 unspecified atom stereocenters. The Hall–Kier alpha value is -3.49. The lowest BCUT2D eigenvalue weighted by atomic mass is 10.2. The molecule has 4 aromatic rings. The minimum absolute atomic E-state index is 0.306. The zero-order chi connectivity index (χ0) is 19.9. The summed E-state index contributed by atoms with van der Waals surface area (Å²) in [4.78, 5) is 23.1. The molecule has 1 saturated carbocycles. The molecule has 0 radical (unpaired) electrons. The Balaban J connectivity index is 1.49. The van der Waals surface area contributed by atoms with E-state index in [1.54, 1.807) is 18.5 Å². The van der Waals surface area contributed by atoms with Crippen LogP contribution in [0.4, 0.5) is 10.3 Å². The number of H-pyrrole nitrogens is 1. The van der Waals surface area contributed by atoms with Crippen molar-refractivity contribution in [3.63, 3.8) is 0 Å². The Morgan fingerprint density at radius 1 is 1.31 bits per heavy atom. The number of hydrogen-bond acceptors (Lipinski definition) is 5. The van der Waals surface area contributed by atoms with Crippen molar-refractivity contribution in [1.82, 2.24) is 24.7 Å². The number of fused-ring (bicyclic) bond motifs is 4. The molecule has 4 heterocycles. The molecule has 1 amide bonds. The molecule has 9 heteroatoms. The van der Waals surface area contributed by atoms with Crippen molar-refractivity contribution >= 4 is 33.8 Å². The van der Waals surface area contributed by atoms with Crippen LogP contribution in [0.2, 0.25) is 0 Å². The summed E-state index contributed by atoms with van der Waals surface area (Å²) in [7, 11) is 0. The molecule has 2 aliphatic rings. The molecule has 1 aliphatic heterocycles. The molecule has 3 N–H and O–H groups in total. The maximum Gasteiger partial charge on any atom is 0.240 e. The number of aromatic amines is 1. The highest BCUT2D eigenvalue weighted by atomic mass is 19.1. The van der Waals surface area contributed by atoms with E-state index in [1.165, 1.54) is 12.1 Å². The number of hydrogen-bond donors (Lipinski definition) is 2. The van der Waals surface area contributed by atoms with E-state index in [1.807, 2.05) is 16.4 Å². The summed E-state index contributed by atoms with van der Waals surface area (Å²) in [6.07, 6.45) is 4.50. The molecule has 3 aromatic heterocycles. The molecule has 1 aliphatic carbocycles. The lowest BCUT2D eigenvalue weighted by molar-refractivity contribution is -0.119. The van der Waals surface area contributed by atoms with Gasteiger partial charge in [0.2, 0.25) is 11.9 Å². The van der Waals surface area contributed by atoms with E-state index in [0.29, 0.717) is 17.8 Å². The second kappa shape index (κ2) is 5.53. The summed E-state index contributed by atoms with van der Waals surface area (Å²) < 4.78 is 15.8. The first kappa shape index (κ1) is 16.5. The molecule has 1 aromatic carbocycles. The quantitative estimate of drug-likeness (QED) is 0.556. The van der Waals surface area contributed by atoms with Gasteiger partial charge in [0, 0.05) is 11.9 Å². The van der Waals surface area contributed by atoms with Crippen molar-refractivity contribution in [2.24, 2.45) is 17.6 Å². The normalized spacial score (nSPS) is 23.1. The van der Waals surface area contributed by atoms with Gasteiger partial charge in [0.05, 0.1) is 40.3 Å². The fraction of sp³-hybridized carbons (Fsp3) is 0.300. The Morgan fingerprint density at radius 2 is 2.17 bits per heavy atom. The number of carbonyl (C=O) groups is 1. The van der Waals surface area contributed by atoms with E-state index in [-0.39, 0.29) is 17.8 Å². The number of nitrogens with two attached hydrogens (primary N) is 1. The van der Waals surface area contributed by atoms with Gasteiger partial charge >= 0.3 is 0 Å². The maximum absolute atomic E-state index is 13.8. The van der Waals surface area contributed by atoms with E-state index >= 15 is 0 Å². The van der Waals surface area contributed by atoms with Crippen LogP contribution in [-0.4, -0.2) is 43.2 Å². The second-order valence-electron chi connectivity index (χ2n) is 7.93. The van der Waals surface area contributed by atoms with Gasteiger partial charge in [-0.1, -0.05) is 0 Å². The topological polar surface area (TPSA) is 106 Å². The van der Waals surface area contributed by atoms with Gasteiger partial charge in [0.1, 0.15) is 11.9 Å². The molecule has 146 valence electrons. The third-order valence-corrected chi connectivity index (χ3v) is 6.21. The van der Waals surface area contributed by atoms with Crippen LogP contribution in [0.5, 0.6) is 0 Å². The second-order valence-corrected chi connectivity index (χ2v) is 7.93. The first-order valence-electron chi connectivity index (χ1n) is 9.56. The summed E-state index contributed by atoms with van der Waals surface area (Å²) in [5, 5.41) is 7.80. The number of primary amides is 1. The lowest BCUT2D eigenvalue weighted by Gasteiger charge is -2.25. The summed E-state index contributed by atoms with van der Waals surface area (Å²) >= 11 is 0. The maximum atomic E-state index is 13.8. The van der Waals surface area contributed by atoms with Crippen molar-refractivity contribution in [1.29, 1.82) is 0 Å². The number of amides is 1. The van der Waals surface area contributed by atoms with Crippen LogP contribution in [0.15, 0.2) is 30.6 Å². The average Bonchev–Trinajstić information content (AvgIpc) is 3.05. The molecule has 0 bridgehead atoms. The van der Waals surface area contributed by atoms with Crippen LogP contribution in [0.1, 0.15) is 12.1 Å². The Kier molecular flexibility index (Phi) is 3.14. The average molecular weight is 391 g/mol. The van der Waals surface area contributed by atoms with Crippen molar-refractivity contribution in [3.8, 4) is 5.69 Å². The van der Waals surface area contributed by atoms with Gasteiger partial charge in [-0.2, -0.15) is 5.10 Å². The van der Waals surface area contributed by atoms with Gasteiger partial charge in [-0.15, -0.1) is 0 Å². The number of carbonyl (C=O) groups excluding carboxylic acids is 1. The van der Waals surface area contributed by atoms with E-state index < -0.39 is 0 Å². The molecular weight excluding hydrogens is 373 g/mol. The number of nitrogens with zero attached hydrogens (tertiary/aromatic N) is 5. The van der Waals surface area contributed by atoms with Crippen molar-refractivity contribution in [3.05, 3.63) is 42.1 Å². The van der Waals surface area contributed by atoms with Crippen LogP contribution in [0.3, 0.4) is 0 Å². The van der Waals surface area contributed by atoms with Crippen LogP contribution in [0.25, 0.3) is 27.6 Å². The van der Waals surface area contributed by atoms with Gasteiger partial charge in [-0.3, -0.25) is 9.89 Å². The molecular formula is C20H18FN7O. The highest BCUT2D eigenvalue weighted by Gasteiger charge is 2.55. The third kappa shape index (κ3) is 2.24. The van der Waals surface area contributed by atoms with Crippen molar-refractivity contribution < 1.29 is 9.18 Å². The van der Waals surface area contributed by atoms with E-state index in [9.17, 15) is 9.18 Å². The smallest absolute Gasteiger partial charge is 0.240 e. The number of aryl methyl sites for hydroxylation is 1. The number of piperidine rings is 1. The molecule has 3 atom stereocenters. The predicted molar refractivity (Wildman–Crippen MR) is 105 cm³/mol. The summed E-state index contributed by atoms with van der Waals surface area (Å²) in [5.74, 6) is 0.724. The fourth-order valence-electron chi connectivity index (χ4n) is 4.78. The zero-order valence-corrected chi connectivity index (χ0v) is 15.6. The molecule has 0 spiro atoms. The van der Waals surface area contributed by atoms with Crippen LogP contribution in [-0.2, 0) is 4.79 Å². The van der Waals surface area contributed by atoms with Gasteiger partial charge < -0.3 is 15.2 Å². The summed E-state index contributed by atoms with van der Waals surface area (Å²) in [6, 6.07) is 4.33. The number of nitrogens with one attached hydrogen (secondary N) is 1. The minimum Gasteiger partial charge on any atom is -0.368 e. The fourth-order valence-corrected chi connectivity index (χ4v) is 4.78. The number of rotatable bonds is 3. The van der Waals surface area contributed by atoms with E-state index in [0.717, 1.165) is 46.3 Å². The van der Waals surface area contributed by atoms with Crippen molar-refractivity contribution in [2.45, 2.75) is 19.4 Å². The van der Waals surface area contributed by atoms with E-state index in [2.05, 4.69) is 15.2 Å². The van der Waals surface area contributed by atoms with Crippen LogP contribution < -0.4 is 10.6 Å². The Bertz CT molecular complexity index is 1310. The minimum atomic E-state index is -0.332. The molecule has 2 fully saturated rings. The van der Waals surface area contributed by atoms with Crippen molar-refractivity contribution in [2.75, 3.05) is 11.4 Å². The molecule has 8 nitrogen and oxygen atoms in total. The van der Waals surface area contributed by atoms with Gasteiger partial charge in [0.25, 0.3) is 0 Å². The monoisotopic (exact) mass is 391 g/mol. The predicted octanol–water partition coefficient (Wildman–Crippen LogP) is 2.05. The summed E-state index contributed by atoms with van der Waals surface area (Å²) in [5.41, 5.74) is 9.59. The van der Waals surface area contributed by atoms with Gasteiger partial charge in [0.15, 0.2) is 0 Å². The zero-order valence-electron chi connectivity index (χ0n) is 15.6. The Labute approximate surface area is 164 Å². The number of aromatic nitrogens is 5. The Morgan fingerprint density at radius 3 is 2.97 bits per heavy atom. The number of anilines is 1. The van der Waals surface area contributed by atoms with Crippen LogP contribution >= 0.6 is 0 Å². The standard InChI is InChI=1S/C20H18FN7O/c1-9-15(6-23-20(25-9)27-8-10-4-12(10)18(27)19(22)29)28-14-3-2-11(21)5-13(14)17-16(28)7-24-26-17/h2-3,5-7,10,12,18H,4,8H2,1H3,(H2,22,29)(H,24,26)/t10-,12-,18-/m1/s1. The first-order valence-corrected chi connectivity index (χ1v) is 9.56. The highest BCUT2D eigenvalue weighted by Crippen LogP contribution is 2.50. The number of halogens is 1. The lowest BCUT2D eigenvalue weighted by Crippen LogP contribution is -2.44. The third-order valence-electron chi connectivity index (χ3n) is 6.21. The molecule has 29 heavy (non-hydrogen) atoms. The van der Waals surface area contributed by atoms with Gasteiger partial charge in [-0.25, -0.2) is 14.4 Å². The van der Waals surface area contributed by atoms with Gasteiger partial charge in [-0.05, 0) is 43.4 Å².